The molecule has 0 radical (unpaired) electrons. The molecule has 3 nitrogen and oxygen atoms in total. The molecule has 1 aromatic carbocycles. The van der Waals surface area contributed by atoms with E-state index in [2.05, 4.69) is 22.7 Å². The van der Waals surface area contributed by atoms with E-state index in [0.29, 0.717) is 4.90 Å². The van der Waals surface area contributed by atoms with Gasteiger partial charge in [-0.1, -0.05) is 23.1 Å². The minimum absolute atomic E-state index is 0.0531. The Balaban J connectivity index is 3.04. The topological polar surface area (TPSA) is 48.8 Å². The lowest BCUT2D eigenvalue weighted by Crippen LogP contribution is -2.19. The van der Waals surface area contributed by atoms with Gasteiger partial charge in [0.15, 0.2) is 0 Å². The summed E-state index contributed by atoms with van der Waals surface area (Å²) in [4.78, 5) is 2.84. The molecule has 15 heavy (non-hydrogen) atoms. The average molecular weight is 232 g/mol. The first-order chi connectivity index (χ1) is 6.90. The van der Waals surface area contributed by atoms with Crippen molar-refractivity contribution in [2.45, 2.75) is 11.2 Å². The molecule has 0 aliphatic rings. The molecule has 0 saturated heterocycles. The van der Waals surface area contributed by atoms with Crippen LogP contribution < -0.4 is 0 Å². The summed E-state index contributed by atoms with van der Waals surface area (Å²) in [6, 6.07) is 3.90. The van der Waals surface area contributed by atoms with Crippen molar-refractivity contribution in [3.8, 4) is 0 Å². The quantitative estimate of drug-likeness (QED) is 0.270. The van der Waals surface area contributed by atoms with E-state index in [4.69, 9.17) is 5.53 Å². The van der Waals surface area contributed by atoms with E-state index >= 15 is 0 Å². The first-order valence-corrected chi connectivity index (χ1v) is 4.44. The number of benzene rings is 1. The van der Waals surface area contributed by atoms with Crippen LogP contribution in [-0.2, 0) is 6.32 Å². The summed E-state index contributed by atoms with van der Waals surface area (Å²) in [7, 11) is 0. The van der Waals surface area contributed by atoms with Crippen LogP contribution in [0.3, 0.4) is 0 Å². The summed E-state index contributed by atoms with van der Waals surface area (Å²) >= 11 is 3.92. The van der Waals surface area contributed by atoms with Crippen molar-refractivity contribution >= 4 is 25.3 Å². The lowest BCUT2D eigenvalue weighted by molar-refractivity contribution is 0.468. The predicted molar refractivity (Wildman–Crippen MR) is 55.3 cm³/mol. The number of hydrogen-bond donors (Lipinski definition) is 1. The first kappa shape index (κ1) is 11.8. The number of hydrogen-bond acceptors (Lipinski definition) is 2. The fourth-order valence-corrected chi connectivity index (χ4v) is 1.45. The molecule has 0 saturated carbocycles. The van der Waals surface area contributed by atoms with Crippen molar-refractivity contribution in [3.05, 3.63) is 34.2 Å². The fraction of sp³-hybridized carbons (Fsp3) is 0.143. The molecule has 0 atom stereocenters. The number of rotatable bonds is 3. The highest BCUT2D eigenvalue weighted by Gasteiger charge is 2.23. The van der Waals surface area contributed by atoms with Gasteiger partial charge < -0.3 is 12.9 Å². The molecule has 0 unspecified atom stereocenters. The molecule has 0 N–H and O–H groups in total. The Kier molecular flexibility index (Phi) is 3.54. The highest BCUT2D eigenvalue weighted by molar-refractivity contribution is 7.80. The van der Waals surface area contributed by atoms with Crippen LogP contribution >= 0.6 is 12.6 Å². The van der Waals surface area contributed by atoms with E-state index in [9.17, 15) is 12.9 Å². The largest absolute Gasteiger partial charge is 0.482 e. The van der Waals surface area contributed by atoms with Gasteiger partial charge in [-0.2, -0.15) is 0 Å². The summed E-state index contributed by atoms with van der Waals surface area (Å²) in [6.45, 7) is -4.89. The van der Waals surface area contributed by atoms with Gasteiger partial charge in [-0.25, -0.2) is 0 Å². The minimum Gasteiger partial charge on any atom is -0.449 e. The summed E-state index contributed by atoms with van der Waals surface area (Å²) in [5, 5.41) is 3.23. The zero-order valence-corrected chi connectivity index (χ0v) is 8.33. The monoisotopic (exact) mass is 232 g/mol. The maximum atomic E-state index is 12.1. The summed E-state index contributed by atoms with van der Waals surface area (Å²) in [5.74, 6) is 0. The van der Waals surface area contributed by atoms with E-state index in [0.717, 1.165) is 0 Å². The molecule has 1 rings (SSSR count). The lowest BCUT2D eigenvalue weighted by atomic mass is 9.82. The molecule has 0 heterocycles. The van der Waals surface area contributed by atoms with Gasteiger partial charge in [0.2, 0.25) is 0 Å². The molecule has 80 valence electrons. The molecule has 0 spiro atoms. The average Bonchev–Trinajstić information content (AvgIpc) is 1.99. The molecule has 0 fully saturated rings. The molecule has 8 heteroatoms. The van der Waals surface area contributed by atoms with E-state index in [1.807, 2.05) is 0 Å². The maximum Gasteiger partial charge on any atom is 0.482 e. The van der Waals surface area contributed by atoms with Gasteiger partial charge in [0.1, 0.15) is 0 Å². The Morgan fingerprint density at radius 2 is 2.00 bits per heavy atom. The molecule has 0 amide bonds. The zero-order valence-electron chi connectivity index (χ0n) is 7.44. The van der Waals surface area contributed by atoms with Gasteiger partial charge in [-0.05, 0) is 17.7 Å². The van der Waals surface area contributed by atoms with Gasteiger partial charge >= 0.3 is 6.98 Å². The van der Waals surface area contributed by atoms with E-state index in [1.54, 1.807) is 0 Å². The van der Waals surface area contributed by atoms with Gasteiger partial charge in [-0.15, -0.1) is 12.6 Å². The van der Waals surface area contributed by atoms with Gasteiger partial charge in [-0.3, -0.25) is 0 Å². The van der Waals surface area contributed by atoms with Crippen LogP contribution in [-0.4, -0.2) is 6.98 Å². The summed E-state index contributed by atoms with van der Waals surface area (Å²) < 4.78 is 36.4. The third-order valence-electron chi connectivity index (χ3n) is 1.59. The number of azide groups is 1. The van der Waals surface area contributed by atoms with Crippen molar-refractivity contribution in [2.24, 2.45) is 5.11 Å². The van der Waals surface area contributed by atoms with Crippen molar-refractivity contribution in [2.75, 3.05) is 0 Å². The Hall–Kier alpha value is -1.27. The van der Waals surface area contributed by atoms with Crippen LogP contribution in [0.4, 0.5) is 18.6 Å². The van der Waals surface area contributed by atoms with E-state index in [-0.39, 0.29) is 11.3 Å². The van der Waals surface area contributed by atoms with E-state index < -0.39 is 13.3 Å². The number of thiol groups is 1. The second kappa shape index (κ2) is 4.50. The van der Waals surface area contributed by atoms with Crippen LogP contribution in [0.15, 0.2) is 28.2 Å². The smallest absolute Gasteiger partial charge is 0.449 e. The van der Waals surface area contributed by atoms with Gasteiger partial charge in [0.25, 0.3) is 0 Å². The van der Waals surface area contributed by atoms with Crippen LogP contribution in [0.5, 0.6) is 0 Å². The Bertz CT molecular complexity index is 414. The van der Waals surface area contributed by atoms with Crippen LogP contribution in [0.2, 0.25) is 0 Å². The predicted octanol–water partition coefficient (Wildman–Crippen LogP) is 3.85. The van der Waals surface area contributed by atoms with Crippen molar-refractivity contribution < 1.29 is 12.9 Å². The Morgan fingerprint density at radius 1 is 1.33 bits per heavy atom. The van der Waals surface area contributed by atoms with Crippen LogP contribution in [0, 0.1) is 0 Å². The second-order valence-corrected chi connectivity index (χ2v) is 3.48. The van der Waals surface area contributed by atoms with Gasteiger partial charge in [0, 0.05) is 15.5 Å². The normalized spacial score (nSPS) is 10.9. The second-order valence-electron chi connectivity index (χ2n) is 2.96. The van der Waals surface area contributed by atoms with Crippen LogP contribution in [0.25, 0.3) is 10.4 Å². The maximum absolute atomic E-state index is 12.1. The molecule has 1 aromatic rings. The number of nitrogens with zero attached hydrogens (tertiary/aromatic N) is 3. The SMILES string of the molecule is [N-]=[N+]=Nc1cc(S)cc(C[B-](F)(F)F)c1. The third-order valence-corrected chi connectivity index (χ3v) is 1.85. The Morgan fingerprint density at radius 3 is 2.53 bits per heavy atom. The van der Waals surface area contributed by atoms with Crippen molar-refractivity contribution in [1.29, 1.82) is 0 Å². The van der Waals surface area contributed by atoms with Gasteiger partial charge in [0.05, 0.1) is 0 Å². The van der Waals surface area contributed by atoms with E-state index in [1.165, 1.54) is 18.2 Å². The first-order valence-electron chi connectivity index (χ1n) is 4.00. The molecule has 0 bridgehead atoms. The summed E-state index contributed by atoms with van der Waals surface area (Å²) in [6.07, 6.45) is -0.998. The molecular weight excluding hydrogens is 226 g/mol. The zero-order chi connectivity index (χ0) is 11.5. The molecule has 0 aromatic heterocycles. The van der Waals surface area contributed by atoms with Crippen molar-refractivity contribution in [1.82, 2.24) is 0 Å². The highest BCUT2D eigenvalue weighted by atomic mass is 32.1. The molecular formula is C7H6BF3N3S-. The highest BCUT2D eigenvalue weighted by Crippen LogP contribution is 2.24. The third kappa shape index (κ3) is 4.18. The van der Waals surface area contributed by atoms with Crippen molar-refractivity contribution in [3.63, 3.8) is 0 Å². The lowest BCUT2D eigenvalue weighted by Gasteiger charge is -2.14. The Labute approximate surface area is 89.4 Å². The molecule has 0 aliphatic heterocycles. The fourth-order valence-electron chi connectivity index (χ4n) is 1.15. The standard InChI is InChI=1S/C7H6BF3N3S/c9-8(10,11)4-5-1-6(13-14-12)3-7(15)2-5/h1-3,15H,4H2/q-1. The van der Waals surface area contributed by atoms with Crippen LogP contribution in [0.1, 0.15) is 5.56 Å². The minimum atomic E-state index is -4.89. The molecule has 0 aliphatic carbocycles. The summed E-state index contributed by atoms with van der Waals surface area (Å²) in [5.41, 5.74) is 8.34. The number of halogens is 3.